The summed E-state index contributed by atoms with van der Waals surface area (Å²) < 4.78 is 0.826. The van der Waals surface area contributed by atoms with Crippen LogP contribution in [0, 0.1) is 0 Å². The lowest BCUT2D eigenvalue weighted by Crippen LogP contribution is -2.64. The van der Waals surface area contributed by atoms with E-state index < -0.39 is 5.97 Å². The van der Waals surface area contributed by atoms with Crippen LogP contribution in [0.3, 0.4) is 0 Å². The smallest absolute Gasteiger partial charge is 0.335 e. The number of hydrogen-bond acceptors (Lipinski definition) is 8. The van der Waals surface area contributed by atoms with E-state index in [9.17, 15) is 14.7 Å². The zero-order valence-electron chi connectivity index (χ0n) is 20.5. The fourth-order valence-corrected chi connectivity index (χ4v) is 6.52. The Balaban J connectivity index is 1.33. The molecule has 6 N–H and O–H groups in total. The molecule has 2 aliphatic heterocycles. The summed E-state index contributed by atoms with van der Waals surface area (Å²) in [5.41, 5.74) is 8.58. The minimum atomic E-state index is -1.05. The van der Waals surface area contributed by atoms with E-state index in [1.54, 1.807) is 0 Å². The zero-order chi connectivity index (χ0) is 26.0. The predicted molar refractivity (Wildman–Crippen MR) is 146 cm³/mol. The number of quaternary nitrogens is 1. The van der Waals surface area contributed by atoms with Crippen molar-refractivity contribution in [3.8, 4) is 0 Å². The van der Waals surface area contributed by atoms with Crippen LogP contribution in [-0.2, 0) is 0 Å². The van der Waals surface area contributed by atoms with Crippen LogP contribution in [0.4, 0.5) is 22.3 Å². The number of nitrogens with zero attached hydrogens (tertiary/aromatic N) is 2. The Morgan fingerprint density at radius 1 is 1.03 bits per heavy atom. The Morgan fingerprint density at radius 3 is 2.35 bits per heavy atom. The minimum Gasteiger partial charge on any atom is -0.478 e. The lowest BCUT2D eigenvalue weighted by atomic mass is 9.94. The van der Waals surface area contributed by atoms with Gasteiger partial charge < -0.3 is 26.6 Å². The molecule has 2 aliphatic rings. The predicted octanol–water partition coefficient (Wildman–Crippen LogP) is 3.61. The van der Waals surface area contributed by atoms with Crippen LogP contribution < -0.4 is 20.9 Å². The number of nitrogens with two attached hydrogens (primary N) is 1. The number of carboxylic acid groups (broad SMARTS) is 1. The van der Waals surface area contributed by atoms with Crippen LogP contribution >= 0.6 is 11.3 Å². The Labute approximate surface area is 219 Å². The van der Waals surface area contributed by atoms with Crippen molar-refractivity contribution >= 4 is 45.4 Å². The van der Waals surface area contributed by atoms with E-state index in [-0.39, 0.29) is 23.3 Å². The first-order valence-corrected chi connectivity index (χ1v) is 13.4. The van der Waals surface area contributed by atoms with Crippen molar-refractivity contribution in [2.24, 2.45) is 0 Å². The van der Waals surface area contributed by atoms with Gasteiger partial charge in [-0.15, -0.1) is 0 Å². The van der Waals surface area contributed by atoms with Crippen LogP contribution in [0.5, 0.6) is 0 Å². The monoisotopic (exact) mass is 522 g/mol. The molecule has 0 amide bonds. The molecule has 2 fully saturated rings. The van der Waals surface area contributed by atoms with Gasteiger partial charge in [0, 0.05) is 49.3 Å². The maximum Gasteiger partial charge on any atom is 0.335 e. The third kappa shape index (κ3) is 5.24. The normalized spacial score (nSPS) is 22.5. The Bertz CT molecular complexity index is 1270. The standard InChI is InChI=1S/C27H31N5O4S/c28-25-24(23(34)17-3-5-18(6-4-17)26(35)36)37-27(31-25)30-19-7-9-20(10-8-19)32(15-1-2-22(33)16-32)21-11-13-29-14-12-21/h3-10,21-22,29,33H,1-2,11-16H2,(H3-,28,30,31,34,35,36)/p+1. The van der Waals surface area contributed by atoms with Crippen LogP contribution in [0.1, 0.15) is 51.3 Å². The third-order valence-electron chi connectivity index (χ3n) is 7.53. The number of nitrogen functional groups attached to an aromatic ring is 1. The molecule has 2 atom stereocenters. The zero-order valence-corrected chi connectivity index (χ0v) is 21.3. The SMILES string of the molecule is Nc1nc(Nc2ccc([N+]3(C4CCNCC4)CCCC(O)C3)cc2)sc1C(=O)c1ccc(C(=O)O)cc1. The molecule has 5 rings (SSSR count). The first-order chi connectivity index (χ1) is 17.9. The number of carbonyl (C=O) groups excluding carboxylic acids is 1. The van der Waals surface area contributed by atoms with Gasteiger partial charge in [-0.05, 0) is 37.1 Å². The first-order valence-electron chi connectivity index (χ1n) is 12.6. The number of nitrogens with one attached hydrogen (secondary N) is 2. The molecule has 37 heavy (non-hydrogen) atoms. The van der Waals surface area contributed by atoms with Crippen molar-refractivity contribution in [3.63, 3.8) is 0 Å². The number of aliphatic hydroxyl groups excluding tert-OH is 1. The van der Waals surface area contributed by atoms with E-state index in [1.807, 2.05) is 12.1 Å². The number of aliphatic hydroxyl groups is 1. The number of thiazole rings is 1. The molecule has 10 heteroatoms. The number of carbonyl (C=O) groups is 2. The lowest BCUT2D eigenvalue weighted by molar-refractivity contribution is 0.0418. The van der Waals surface area contributed by atoms with E-state index in [0.717, 1.165) is 62.0 Å². The molecule has 194 valence electrons. The molecule has 1 aromatic heterocycles. The number of carboxylic acids is 1. The van der Waals surface area contributed by atoms with Crippen molar-refractivity contribution in [1.82, 2.24) is 14.8 Å². The molecule has 2 unspecified atom stereocenters. The van der Waals surface area contributed by atoms with Crippen molar-refractivity contribution in [1.29, 1.82) is 0 Å². The molecule has 0 radical (unpaired) electrons. The fraction of sp³-hybridized carbons (Fsp3) is 0.370. The van der Waals surface area contributed by atoms with Gasteiger partial charge in [0.25, 0.3) is 0 Å². The quantitative estimate of drug-likeness (QED) is 0.234. The summed E-state index contributed by atoms with van der Waals surface area (Å²) in [6.45, 7) is 3.81. The van der Waals surface area contributed by atoms with Crippen molar-refractivity contribution in [3.05, 3.63) is 64.5 Å². The maximum atomic E-state index is 12.9. The van der Waals surface area contributed by atoms with E-state index >= 15 is 0 Å². The number of aromatic carboxylic acids is 1. The number of aromatic nitrogens is 1. The van der Waals surface area contributed by atoms with Crippen molar-refractivity contribution < 1.29 is 19.8 Å². The summed E-state index contributed by atoms with van der Waals surface area (Å²) in [5, 5.41) is 26.8. The van der Waals surface area contributed by atoms with E-state index in [2.05, 4.69) is 27.8 Å². The van der Waals surface area contributed by atoms with Gasteiger partial charge >= 0.3 is 5.97 Å². The van der Waals surface area contributed by atoms with E-state index in [1.165, 1.54) is 41.3 Å². The number of likely N-dealkylation sites (tertiary alicyclic amines) is 1. The van der Waals surface area contributed by atoms with Gasteiger partial charge in [0.15, 0.2) is 5.13 Å². The Kier molecular flexibility index (Phi) is 7.25. The summed E-state index contributed by atoms with van der Waals surface area (Å²) >= 11 is 1.17. The number of rotatable bonds is 7. The molecule has 0 aliphatic carbocycles. The highest BCUT2D eigenvalue weighted by Crippen LogP contribution is 2.36. The van der Waals surface area contributed by atoms with Crippen LogP contribution in [0.25, 0.3) is 0 Å². The van der Waals surface area contributed by atoms with Crippen LogP contribution in [0.2, 0.25) is 0 Å². The largest absolute Gasteiger partial charge is 0.478 e. The Morgan fingerprint density at radius 2 is 1.70 bits per heavy atom. The van der Waals surface area contributed by atoms with Crippen molar-refractivity contribution in [2.45, 2.75) is 37.8 Å². The highest BCUT2D eigenvalue weighted by molar-refractivity contribution is 7.18. The molecule has 0 spiro atoms. The van der Waals surface area contributed by atoms with Gasteiger partial charge in [-0.1, -0.05) is 23.5 Å². The molecule has 2 aromatic carbocycles. The highest BCUT2D eigenvalue weighted by Gasteiger charge is 2.43. The molecule has 9 nitrogen and oxygen atoms in total. The summed E-state index contributed by atoms with van der Waals surface area (Å²) in [7, 11) is 0. The molecule has 0 saturated carbocycles. The molecular weight excluding hydrogens is 490 g/mol. The molecule has 3 aromatic rings. The van der Waals surface area contributed by atoms with Gasteiger partial charge in [0.1, 0.15) is 29.0 Å². The van der Waals surface area contributed by atoms with E-state index in [4.69, 9.17) is 10.8 Å². The summed E-state index contributed by atoms with van der Waals surface area (Å²) in [6, 6.07) is 14.5. The van der Waals surface area contributed by atoms with Crippen molar-refractivity contribution in [2.75, 3.05) is 37.2 Å². The van der Waals surface area contributed by atoms with E-state index in [0.29, 0.717) is 21.6 Å². The number of benzene rings is 2. The third-order valence-corrected chi connectivity index (χ3v) is 8.51. The summed E-state index contributed by atoms with van der Waals surface area (Å²) in [5.74, 6) is -1.21. The molecule has 0 bridgehead atoms. The second kappa shape index (κ2) is 10.6. The van der Waals surface area contributed by atoms with Gasteiger partial charge in [0.2, 0.25) is 5.78 Å². The summed E-state index contributed by atoms with van der Waals surface area (Å²) in [4.78, 5) is 28.6. The highest BCUT2D eigenvalue weighted by atomic mass is 32.1. The lowest BCUT2D eigenvalue weighted by Gasteiger charge is -2.49. The molecular formula is C27H32N5O4S+. The first kappa shape index (κ1) is 25.3. The number of anilines is 3. The average Bonchev–Trinajstić information content (AvgIpc) is 3.28. The average molecular weight is 523 g/mol. The van der Waals surface area contributed by atoms with Crippen LogP contribution in [-0.4, -0.2) is 65.3 Å². The second-order valence-corrected chi connectivity index (χ2v) is 10.8. The van der Waals surface area contributed by atoms with Gasteiger partial charge in [-0.3, -0.25) is 9.28 Å². The molecule has 3 heterocycles. The minimum absolute atomic E-state index is 0.114. The Hall–Kier alpha value is -3.31. The maximum absolute atomic E-state index is 12.9. The number of ketones is 1. The second-order valence-electron chi connectivity index (χ2n) is 9.83. The van der Waals surface area contributed by atoms with Gasteiger partial charge in [-0.2, -0.15) is 0 Å². The van der Waals surface area contributed by atoms with Gasteiger partial charge in [-0.25, -0.2) is 9.78 Å². The van der Waals surface area contributed by atoms with Crippen LogP contribution in [0.15, 0.2) is 48.5 Å². The fourth-order valence-electron chi connectivity index (χ4n) is 5.65. The number of hydrogen-bond donors (Lipinski definition) is 5. The topological polar surface area (TPSA) is 138 Å². The summed E-state index contributed by atoms with van der Waals surface area (Å²) in [6.07, 6.45) is 3.79. The number of piperidine rings is 2. The van der Waals surface area contributed by atoms with Gasteiger partial charge in [0.05, 0.1) is 18.2 Å². The molecule has 2 saturated heterocycles.